The smallest absolute Gasteiger partial charge is 0.230 e. The molecule has 29 heavy (non-hydrogen) atoms. The largest absolute Gasteiger partial charge is 0.355 e. The van der Waals surface area contributed by atoms with Gasteiger partial charge < -0.3 is 14.7 Å². The van der Waals surface area contributed by atoms with Crippen LogP contribution in [-0.2, 0) is 9.59 Å². The Morgan fingerprint density at radius 1 is 1.10 bits per heavy atom. The van der Waals surface area contributed by atoms with Crippen LogP contribution in [0.5, 0.6) is 0 Å². The zero-order valence-corrected chi connectivity index (χ0v) is 17.8. The van der Waals surface area contributed by atoms with Crippen molar-refractivity contribution in [2.45, 2.75) is 44.9 Å². The van der Waals surface area contributed by atoms with E-state index in [1.54, 1.807) is 4.90 Å². The van der Waals surface area contributed by atoms with Gasteiger partial charge in [0.1, 0.15) is 5.82 Å². The van der Waals surface area contributed by atoms with Gasteiger partial charge in [-0.05, 0) is 37.8 Å². The van der Waals surface area contributed by atoms with Gasteiger partial charge >= 0.3 is 0 Å². The molecule has 4 rings (SSSR count). The maximum absolute atomic E-state index is 13.4. The molecule has 1 saturated carbocycles. The van der Waals surface area contributed by atoms with Gasteiger partial charge in [-0.25, -0.2) is 4.98 Å². The number of fused-ring (bicyclic) bond motifs is 1. The first kappa shape index (κ1) is 20.2. The third kappa shape index (κ3) is 3.86. The van der Waals surface area contributed by atoms with E-state index in [1.807, 2.05) is 38.5 Å². The van der Waals surface area contributed by atoms with E-state index in [-0.39, 0.29) is 17.7 Å². The zero-order chi connectivity index (χ0) is 20.4. The highest BCUT2D eigenvalue weighted by Gasteiger charge is 2.54. The van der Waals surface area contributed by atoms with Gasteiger partial charge in [0.15, 0.2) is 0 Å². The summed E-state index contributed by atoms with van der Waals surface area (Å²) in [6, 6.07) is 5.93. The second-order valence-corrected chi connectivity index (χ2v) is 9.34. The van der Waals surface area contributed by atoms with Crippen molar-refractivity contribution >= 4 is 17.6 Å². The number of likely N-dealkylation sites (tertiary alicyclic amines) is 1. The van der Waals surface area contributed by atoms with Crippen molar-refractivity contribution in [3.8, 4) is 0 Å². The Balaban J connectivity index is 1.58. The number of aromatic nitrogens is 1. The summed E-state index contributed by atoms with van der Waals surface area (Å²) in [5.41, 5.74) is -0.428. The molecular formula is C23H34N4O2. The van der Waals surface area contributed by atoms with Gasteiger partial charge in [-0.3, -0.25) is 9.59 Å². The SMILES string of the molecule is CN(C)C(=O)[C@@]12CCCN(C(=O)C3CCCCC3)C[C@@H]1CN(c1ccccn1)C2. The molecule has 6 nitrogen and oxygen atoms in total. The Labute approximate surface area is 174 Å². The fourth-order valence-electron chi connectivity index (χ4n) is 5.75. The lowest BCUT2D eigenvalue weighted by atomic mass is 9.74. The van der Waals surface area contributed by atoms with Gasteiger partial charge in [0, 0.05) is 58.3 Å². The monoisotopic (exact) mass is 398 g/mol. The Bertz CT molecular complexity index is 732. The van der Waals surface area contributed by atoms with Crippen LogP contribution < -0.4 is 4.90 Å². The first-order valence-electron chi connectivity index (χ1n) is 11.2. The molecule has 0 radical (unpaired) electrons. The van der Waals surface area contributed by atoms with E-state index < -0.39 is 5.41 Å². The summed E-state index contributed by atoms with van der Waals surface area (Å²) in [5.74, 6) is 1.79. The molecule has 2 atom stereocenters. The molecule has 2 amide bonds. The van der Waals surface area contributed by atoms with E-state index in [4.69, 9.17) is 0 Å². The van der Waals surface area contributed by atoms with Crippen molar-refractivity contribution in [1.82, 2.24) is 14.8 Å². The summed E-state index contributed by atoms with van der Waals surface area (Å²) in [6.07, 6.45) is 9.20. The lowest BCUT2D eigenvalue weighted by Gasteiger charge is -2.35. The second-order valence-electron chi connectivity index (χ2n) is 9.34. The lowest BCUT2D eigenvalue weighted by Crippen LogP contribution is -2.48. The number of carbonyl (C=O) groups excluding carboxylic acids is 2. The molecular weight excluding hydrogens is 364 g/mol. The van der Waals surface area contributed by atoms with Crippen molar-refractivity contribution in [2.75, 3.05) is 45.2 Å². The van der Waals surface area contributed by atoms with Gasteiger partial charge in [0.25, 0.3) is 0 Å². The van der Waals surface area contributed by atoms with E-state index in [0.29, 0.717) is 19.0 Å². The number of hydrogen-bond acceptors (Lipinski definition) is 4. The molecule has 0 N–H and O–H groups in total. The Hall–Kier alpha value is -2.11. The van der Waals surface area contributed by atoms with Crippen molar-refractivity contribution in [3.05, 3.63) is 24.4 Å². The molecule has 1 aromatic rings. The standard InChI is InChI=1S/C23H34N4O2/c1-25(2)22(29)23-12-8-14-26(21(28)18-9-4-3-5-10-18)15-19(23)16-27(17-23)20-11-6-7-13-24-20/h6-7,11,13,18-19H,3-5,8-10,12,14-17H2,1-2H3/t19-,23-/m1/s1. The molecule has 1 aromatic heterocycles. The summed E-state index contributed by atoms with van der Waals surface area (Å²) < 4.78 is 0. The number of carbonyl (C=O) groups is 2. The van der Waals surface area contributed by atoms with Crippen LogP contribution in [0.2, 0.25) is 0 Å². The quantitative estimate of drug-likeness (QED) is 0.786. The minimum Gasteiger partial charge on any atom is -0.355 e. The van der Waals surface area contributed by atoms with Gasteiger partial charge in [0.2, 0.25) is 11.8 Å². The molecule has 1 aliphatic carbocycles. The minimum atomic E-state index is -0.428. The number of nitrogens with zero attached hydrogens (tertiary/aromatic N) is 4. The number of pyridine rings is 1. The fourth-order valence-corrected chi connectivity index (χ4v) is 5.75. The summed E-state index contributed by atoms with van der Waals surface area (Å²) in [4.78, 5) is 37.3. The molecule has 0 spiro atoms. The molecule has 0 aromatic carbocycles. The number of amides is 2. The predicted molar refractivity (Wildman–Crippen MR) is 113 cm³/mol. The van der Waals surface area contributed by atoms with Crippen molar-refractivity contribution in [2.24, 2.45) is 17.3 Å². The Kier molecular flexibility index (Phi) is 5.79. The van der Waals surface area contributed by atoms with Crippen LogP contribution in [0.3, 0.4) is 0 Å². The van der Waals surface area contributed by atoms with Crippen LogP contribution >= 0.6 is 0 Å². The van der Waals surface area contributed by atoms with Crippen LogP contribution in [0.15, 0.2) is 24.4 Å². The molecule has 3 aliphatic rings. The van der Waals surface area contributed by atoms with Gasteiger partial charge in [-0.15, -0.1) is 0 Å². The number of hydrogen-bond donors (Lipinski definition) is 0. The van der Waals surface area contributed by atoms with Crippen LogP contribution in [0, 0.1) is 17.3 Å². The summed E-state index contributed by atoms with van der Waals surface area (Å²) in [6.45, 7) is 2.96. The van der Waals surface area contributed by atoms with Gasteiger partial charge in [-0.1, -0.05) is 25.3 Å². The van der Waals surface area contributed by atoms with Gasteiger partial charge in [0.05, 0.1) is 5.41 Å². The Morgan fingerprint density at radius 2 is 1.90 bits per heavy atom. The maximum Gasteiger partial charge on any atom is 0.230 e. The Morgan fingerprint density at radius 3 is 2.59 bits per heavy atom. The van der Waals surface area contributed by atoms with Gasteiger partial charge in [-0.2, -0.15) is 0 Å². The zero-order valence-electron chi connectivity index (χ0n) is 17.8. The summed E-state index contributed by atoms with van der Waals surface area (Å²) >= 11 is 0. The number of anilines is 1. The summed E-state index contributed by atoms with van der Waals surface area (Å²) in [5, 5.41) is 0. The highest BCUT2D eigenvalue weighted by Crippen LogP contribution is 2.45. The molecule has 0 unspecified atom stereocenters. The normalized spacial score (nSPS) is 28.0. The molecule has 6 heteroatoms. The van der Waals surface area contributed by atoms with Crippen molar-refractivity contribution < 1.29 is 9.59 Å². The van der Waals surface area contributed by atoms with Crippen LogP contribution in [0.25, 0.3) is 0 Å². The van der Waals surface area contributed by atoms with E-state index in [9.17, 15) is 9.59 Å². The topological polar surface area (TPSA) is 56.8 Å². The third-order valence-electron chi connectivity index (χ3n) is 7.26. The highest BCUT2D eigenvalue weighted by atomic mass is 16.2. The van der Waals surface area contributed by atoms with Crippen LogP contribution in [0.4, 0.5) is 5.82 Å². The third-order valence-corrected chi connectivity index (χ3v) is 7.26. The van der Waals surface area contributed by atoms with E-state index in [1.165, 1.54) is 19.3 Å². The lowest BCUT2D eigenvalue weighted by molar-refractivity contribution is -0.142. The molecule has 2 aliphatic heterocycles. The average molecular weight is 399 g/mol. The van der Waals surface area contributed by atoms with E-state index in [2.05, 4.69) is 14.8 Å². The second kappa shape index (κ2) is 8.33. The van der Waals surface area contributed by atoms with Crippen molar-refractivity contribution in [1.29, 1.82) is 0 Å². The molecule has 3 heterocycles. The first-order valence-corrected chi connectivity index (χ1v) is 11.2. The maximum atomic E-state index is 13.4. The first-order chi connectivity index (χ1) is 14.0. The molecule has 2 saturated heterocycles. The minimum absolute atomic E-state index is 0.148. The van der Waals surface area contributed by atoms with Crippen molar-refractivity contribution in [3.63, 3.8) is 0 Å². The van der Waals surface area contributed by atoms with Crippen LogP contribution in [0.1, 0.15) is 44.9 Å². The van der Waals surface area contributed by atoms with E-state index in [0.717, 1.165) is 44.6 Å². The summed E-state index contributed by atoms with van der Waals surface area (Å²) in [7, 11) is 3.71. The predicted octanol–water partition coefficient (Wildman–Crippen LogP) is 2.80. The number of rotatable bonds is 3. The average Bonchev–Trinajstić information content (AvgIpc) is 3.02. The molecule has 0 bridgehead atoms. The van der Waals surface area contributed by atoms with Crippen LogP contribution in [-0.4, -0.2) is 66.9 Å². The fraction of sp³-hybridized carbons (Fsp3) is 0.696. The molecule has 158 valence electrons. The van der Waals surface area contributed by atoms with E-state index >= 15 is 0 Å². The highest BCUT2D eigenvalue weighted by molar-refractivity contribution is 5.85. The molecule has 3 fully saturated rings.